The number of halogens is 2. The van der Waals surface area contributed by atoms with Crippen LogP contribution < -0.4 is 16.0 Å². The Kier molecular flexibility index (Phi) is 6.84. The van der Waals surface area contributed by atoms with Crippen molar-refractivity contribution in [2.45, 2.75) is 0 Å². The number of nitriles is 1. The molecular weight excluding hydrogens is 441 g/mol. The fourth-order valence-electron chi connectivity index (χ4n) is 4.01. The molecule has 33 heavy (non-hydrogen) atoms. The maximum absolute atomic E-state index is 13.6. The molecule has 172 valence electrons. The number of hydrogen-bond acceptors (Lipinski definition) is 7. The number of fused-ring (bicyclic) bond motifs is 1. The number of aromatic nitrogens is 1. The fraction of sp³-hybridized carbons (Fsp3) is 0.333. The number of nitrogens with two attached hydrogens (primary N) is 1. The molecule has 1 fully saturated rings. The van der Waals surface area contributed by atoms with Gasteiger partial charge in [-0.3, -0.25) is 9.88 Å². The van der Waals surface area contributed by atoms with E-state index >= 15 is 0 Å². The molecule has 0 radical (unpaired) electrons. The van der Waals surface area contributed by atoms with Crippen LogP contribution >= 0.6 is 11.6 Å². The average Bonchev–Trinajstić information content (AvgIpc) is 2.80. The van der Waals surface area contributed by atoms with Gasteiger partial charge in [0, 0.05) is 56.5 Å². The number of anilines is 4. The van der Waals surface area contributed by atoms with Crippen molar-refractivity contribution in [3.8, 4) is 6.07 Å². The van der Waals surface area contributed by atoms with Crippen LogP contribution in [0.15, 0.2) is 36.5 Å². The van der Waals surface area contributed by atoms with Crippen LogP contribution in [0.5, 0.6) is 0 Å². The number of pyridine rings is 1. The summed E-state index contributed by atoms with van der Waals surface area (Å²) < 4.78 is 13.6. The molecular formula is C24H27ClFN7. The van der Waals surface area contributed by atoms with Crippen molar-refractivity contribution in [3.05, 3.63) is 52.9 Å². The number of likely N-dealkylation sites (N-methyl/N-ethyl adjacent to an activating group) is 1. The molecule has 0 spiro atoms. The van der Waals surface area contributed by atoms with E-state index in [2.05, 4.69) is 45.2 Å². The van der Waals surface area contributed by atoms with E-state index in [1.165, 1.54) is 18.3 Å². The number of rotatable bonds is 6. The molecule has 0 saturated carbocycles. The third-order valence-electron chi connectivity index (χ3n) is 5.90. The third kappa shape index (κ3) is 5.11. The summed E-state index contributed by atoms with van der Waals surface area (Å²) in [6.45, 7) is 5.82. The minimum atomic E-state index is -0.502. The molecule has 2 heterocycles. The quantitative estimate of drug-likeness (QED) is 0.531. The molecule has 1 aromatic heterocycles. The third-order valence-corrected chi connectivity index (χ3v) is 6.19. The number of piperazine rings is 1. The van der Waals surface area contributed by atoms with Crippen LogP contribution in [-0.4, -0.2) is 68.1 Å². The van der Waals surface area contributed by atoms with Crippen molar-refractivity contribution >= 4 is 45.3 Å². The number of nitrogen functional groups attached to an aromatic ring is 1. The lowest BCUT2D eigenvalue weighted by Crippen LogP contribution is -2.48. The molecule has 3 N–H and O–H groups in total. The lowest BCUT2D eigenvalue weighted by Gasteiger charge is -2.37. The van der Waals surface area contributed by atoms with Gasteiger partial charge in [-0.05, 0) is 44.4 Å². The predicted molar refractivity (Wildman–Crippen MR) is 133 cm³/mol. The fourth-order valence-corrected chi connectivity index (χ4v) is 4.19. The Balaban J connectivity index is 1.62. The lowest BCUT2D eigenvalue weighted by atomic mass is 10.1. The number of nitrogens with zero attached hydrogens (tertiary/aromatic N) is 5. The highest BCUT2D eigenvalue weighted by molar-refractivity contribution is 6.31. The van der Waals surface area contributed by atoms with Gasteiger partial charge in [0.2, 0.25) is 0 Å². The molecule has 0 aliphatic carbocycles. The van der Waals surface area contributed by atoms with Gasteiger partial charge in [-0.15, -0.1) is 0 Å². The Morgan fingerprint density at radius 1 is 1.21 bits per heavy atom. The van der Waals surface area contributed by atoms with Gasteiger partial charge < -0.3 is 20.9 Å². The normalized spacial score (nSPS) is 14.6. The monoisotopic (exact) mass is 467 g/mol. The van der Waals surface area contributed by atoms with Crippen molar-refractivity contribution in [1.82, 2.24) is 14.8 Å². The van der Waals surface area contributed by atoms with E-state index in [1.54, 1.807) is 6.07 Å². The van der Waals surface area contributed by atoms with Crippen molar-refractivity contribution in [1.29, 1.82) is 5.26 Å². The van der Waals surface area contributed by atoms with Crippen LogP contribution in [0.2, 0.25) is 5.02 Å². The second-order valence-corrected chi connectivity index (χ2v) is 8.88. The summed E-state index contributed by atoms with van der Waals surface area (Å²) >= 11 is 5.93. The van der Waals surface area contributed by atoms with Crippen LogP contribution in [0.1, 0.15) is 5.56 Å². The van der Waals surface area contributed by atoms with E-state index in [9.17, 15) is 9.65 Å². The molecule has 1 aliphatic heterocycles. The van der Waals surface area contributed by atoms with Crippen LogP contribution in [0.3, 0.4) is 0 Å². The van der Waals surface area contributed by atoms with Crippen molar-refractivity contribution in [2.24, 2.45) is 0 Å². The van der Waals surface area contributed by atoms with Crippen LogP contribution in [-0.2, 0) is 0 Å². The second kappa shape index (κ2) is 9.79. The predicted octanol–water partition coefficient (Wildman–Crippen LogP) is 3.91. The summed E-state index contributed by atoms with van der Waals surface area (Å²) in [4.78, 5) is 11.4. The molecule has 0 amide bonds. The highest BCUT2D eigenvalue weighted by Crippen LogP contribution is 2.36. The Morgan fingerprint density at radius 2 is 1.97 bits per heavy atom. The van der Waals surface area contributed by atoms with Crippen LogP contribution in [0, 0.1) is 17.1 Å². The number of hydrogen-bond donors (Lipinski definition) is 2. The van der Waals surface area contributed by atoms with Crippen molar-refractivity contribution in [3.63, 3.8) is 0 Å². The first-order valence-corrected chi connectivity index (χ1v) is 11.2. The molecule has 9 heteroatoms. The summed E-state index contributed by atoms with van der Waals surface area (Å²) in [5.74, 6) is -0.502. The maximum atomic E-state index is 13.6. The standard InChI is InChI=1S/C24H27ClFN7/c1-31(2)5-6-32-7-9-33(10-8-32)23-13-22-18(12-21(23)28)24(16(14-27)15-29-22)30-17-3-4-20(26)19(25)11-17/h3-4,11-13,15H,5-10,28H2,1-2H3,(H,29,30). The Hall–Kier alpha value is -3.12. The first-order valence-electron chi connectivity index (χ1n) is 10.8. The minimum Gasteiger partial charge on any atom is -0.397 e. The summed E-state index contributed by atoms with van der Waals surface area (Å²) in [5.41, 5.74) is 10.3. The van der Waals surface area contributed by atoms with Crippen molar-refractivity contribution in [2.75, 3.05) is 69.3 Å². The molecule has 0 atom stereocenters. The zero-order valence-electron chi connectivity index (χ0n) is 18.8. The highest BCUT2D eigenvalue weighted by atomic mass is 35.5. The molecule has 7 nitrogen and oxygen atoms in total. The molecule has 2 aromatic carbocycles. The molecule has 0 bridgehead atoms. The lowest BCUT2D eigenvalue weighted by molar-refractivity contribution is 0.229. The Labute approximate surface area is 198 Å². The van der Waals surface area contributed by atoms with E-state index in [-0.39, 0.29) is 5.02 Å². The van der Waals surface area contributed by atoms with E-state index in [0.717, 1.165) is 55.9 Å². The zero-order valence-corrected chi connectivity index (χ0v) is 19.5. The zero-order chi connectivity index (χ0) is 23.5. The number of benzene rings is 2. The smallest absolute Gasteiger partial charge is 0.141 e. The Bertz CT molecular complexity index is 1200. The van der Waals surface area contributed by atoms with E-state index in [0.29, 0.717) is 22.6 Å². The molecule has 3 aromatic rings. The van der Waals surface area contributed by atoms with Gasteiger partial charge in [-0.25, -0.2) is 4.39 Å². The average molecular weight is 468 g/mol. The van der Waals surface area contributed by atoms with E-state index < -0.39 is 5.82 Å². The van der Waals surface area contributed by atoms with Gasteiger partial charge in [0.05, 0.1) is 33.2 Å². The maximum Gasteiger partial charge on any atom is 0.141 e. The van der Waals surface area contributed by atoms with Gasteiger partial charge in [-0.1, -0.05) is 11.6 Å². The van der Waals surface area contributed by atoms with E-state index in [4.69, 9.17) is 17.3 Å². The first kappa shape index (κ1) is 23.1. The summed E-state index contributed by atoms with van der Waals surface area (Å²) in [6, 6.07) is 10.3. The van der Waals surface area contributed by atoms with E-state index in [1.807, 2.05) is 12.1 Å². The minimum absolute atomic E-state index is 0.00314. The summed E-state index contributed by atoms with van der Waals surface area (Å²) in [5, 5.41) is 13.5. The largest absolute Gasteiger partial charge is 0.397 e. The summed E-state index contributed by atoms with van der Waals surface area (Å²) in [6.07, 6.45) is 1.54. The first-order chi connectivity index (χ1) is 15.9. The van der Waals surface area contributed by atoms with Gasteiger partial charge in [-0.2, -0.15) is 5.26 Å². The Morgan fingerprint density at radius 3 is 2.64 bits per heavy atom. The summed E-state index contributed by atoms with van der Waals surface area (Å²) in [7, 11) is 4.18. The van der Waals surface area contributed by atoms with Gasteiger partial charge in [0.25, 0.3) is 0 Å². The highest BCUT2D eigenvalue weighted by Gasteiger charge is 2.20. The second-order valence-electron chi connectivity index (χ2n) is 8.47. The van der Waals surface area contributed by atoms with Crippen LogP contribution in [0.25, 0.3) is 10.9 Å². The molecule has 0 unspecified atom stereocenters. The molecule has 1 saturated heterocycles. The van der Waals surface area contributed by atoms with Gasteiger partial charge >= 0.3 is 0 Å². The molecule has 4 rings (SSSR count). The van der Waals surface area contributed by atoms with Gasteiger partial charge in [0.15, 0.2) is 0 Å². The van der Waals surface area contributed by atoms with Crippen LogP contribution in [0.4, 0.5) is 27.1 Å². The van der Waals surface area contributed by atoms with Crippen molar-refractivity contribution < 1.29 is 4.39 Å². The number of nitrogens with one attached hydrogen (secondary N) is 1. The molecule has 1 aliphatic rings. The topological polar surface area (TPSA) is 84.5 Å². The SMILES string of the molecule is CN(C)CCN1CCN(c2cc3ncc(C#N)c(Nc4ccc(F)c(Cl)c4)c3cc2N)CC1. The van der Waals surface area contributed by atoms with Gasteiger partial charge in [0.1, 0.15) is 11.9 Å².